The SMILES string of the molecule is CC1(C)CC(=O)C2=C(C1)N(c1cccnc1)C(=O)CC2c1ccc(Cl)cc1. The molecule has 1 aliphatic heterocycles. The zero-order valence-electron chi connectivity index (χ0n) is 15.4. The Kier molecular flexibility index (Phi) is 4.39. The third-order valence-electron chi connectivity index (χ3n) is 5.32. The predicted molar refractivity (Wildman–Crippen MR) is 106 cm³/mol. The summed E-state index contributed by atoms with van der Waals surface area (Å²) >= 11 is 6.02. The van der Waals surface area contributed by atoms with E-state index in [2.05, 4.69) is 18.8 Å². The van der Waals surface area contributed by atoms with Gasteiger partial charge in [0.15, 0.2) is 5.78 Å². The molecule has 1 aliphatic carbocycles. The monoisotopic (exact) mass is 380 g/mol. The summed E-state index contributed by atoms with van der Waals surface area (Å²) in [7, 11) is 0. The lowest BCUT2D eigenvalue weighted by molar-refractivity contribution is -0.121. The molecule has 0 N–H and O–H groups in total. The number of Topliss-reactive ketones (excluding diaryl/α,β-unsaturated/α-hetero) is 1. The predicted octanol–water partition coefficient (Wildman–Crippen LogP) is 4.90. The van der Waals surface area contributed by atoms with Crippen LogP contribution in [0.1, 0.15) is 44.6 Å². The number of pyridine rings is 1. The summed E-state index contributed by atoms with van der Waals surface area (Å²) < 4.78 is 0. The van der Waals surface area contributed by atoms with Gasteiger partial charge in [-0.25, -0.2) is 0 Å². The molecule has 2 aliphatic rings. The molecule has 2 heterocycles. The molecule has 5 heteroatoms. The van der Waals surface area contributed by atoms with Crippen LogP contribution in [-0.4, -0.2) is 16.7 Å². The number of anilines is 1. The van der Waals surface area contributed by atoms with Crippen LogP contribution in [0, 0.1) is 5.41 Å². The Bertz CT molecular complexity index is 933. The van der Waals surface area contributed by atoms with E-state index in [4.69, 9.17) is 11.6 Å². The topological polar surface area (TPSA) is 50.3 Å². The van der Waals surface area contributed by atoms with Crippen molar-refractivity contribution < 1.29 is 9.59 Å². The lowest BCUT2D eigenvalue weighted by Crippen LogP contribution is -2.43. The van der Waals surface area contributed by atoms with Crippen LogP contribution in [0.4, 0.5) is 5.69 Å². The molecule has 1 unspecified atom stereocenters. The average molecular weight is 381 g/mol. The Morgan fingerprint density at radius 2 is 1.85 bits per heavy atom. The van der Waals surface area contributed by atoms with Crippen LogP contribution < -0.4 is 4.90 Å². The van der Waals surface area contributed by atoms with Gasteiger partial charge in [-0.15, -0.1) is 0 Å². The highest BCUT2D eigenvalue weighted by atomic mass is 35.5. The number of rotatable bonds is 2. The number of amides is 1. The van der Waals surface area contributed by atoms with Crippen molar-refractivity contribution >= 4 is 29.0 Å². The third-order valence-corrected chi connectivity index (χ3v) is 5.57. The van der Waals surface area contributed by atoms with Gasteiger partial charge in [-0.2, -0.15) is 0 Å². The van der Waals surface area contributed by atoms with Crippen molar-refractivity contribution in [3.8, 4) is 0 Å². The standard InChI is InChI=1S/C22H21ClN2O2/c1-22(2)11-18-21(19(26)12-22)17(14-5-7-15(23)8-6-14)10-20(27)25(18)16-4-3-9-24-13-16/h3-9,13,17H,10-12H2,1-2H3. The van der Waals surface area contributed by atoms with Gasteiger partial charge in [0.25, 0.3) is 0 Å². The Morgan fingerprint density at radius 3 is 2.52 bits per heavy atom. The number of ketones is 1. The zero-order chi connectivity index (χ0) is 19.2. The van der Waals surface area contributed by atoms with Crippen molar-refractivity contribution in [2.24, 2.45) is 5.41 Å². The second kappa shape index (κ2) is 6.61. The average Bonchev–Trinajstić information content (AvgIpc) is 2.61. The van der Waals surface area contributed by atoms with Crippen molar-refractivity contribution in [2.45, 2.75) is 39.0 Å². The number of benzene rings is 1. The molecule has 138 valence electrons. The summed E-state index contributed by atoms with van der Waals surface area (Å²) in [6.45, 7) is 4.15. The van der Waals surface area contributed by atoms with E-state index in [-0.39, 0.29) is 29.4 Å². The smallest absolute Gasteiger partial charge is 0.232 e. The second-order valence-electron chi connectivity index (χ2n) is 8.05. The summed E-state index contributed by atoms with van der Waals surface area (Å²) in [6, 6.07) is 11.1. The van der Waals surface area contributed by atoms with E-state index in [9.17, 15) is 9.59 Å². The van der Waals surface area contributed by atoms with Crippen LogP contribution in [0.3, 0.4) is 0 Å². The van der Waals surface area contributed by atoms with E-state index >= 15 is 0 Å². The normalized spacial score (nSPS) is 22.0. The van der Waals surface area contributed by atoms with Gasteiger partial charge < -0.3 is 0 Å². The van der Waals surface area contributed by atoms with Gasteiger partial charge in [0.1, 0.15) is 0 Å². The van der Waals surface area contributed by atoms with Crippen LogP contribution >= 0.6 is 11.6 Å². The molecule has 1 aromatic heterocycles. The quantitative estimate of drug-likeness (QED) is 0.744. The van der Waals surface area contributed by atoms with Crippen molar-refractivity contribution in [2.75, 3.05) is 4.90 Å². The largest absolute Gasteiger partial charge is 0.294 e. The van der Waals surface area contributed by atoms with Crippen LogP contribution in [0.5, 0.6) is 0 Å². The number of nitrogens with zero attached hydrogens (tertiary/aromatic N) is 2. The van der Waals surface area contributed by atoms with Gasteiger partial charge >= 0.3 is 0 Å². The van der Waals surface area contributed by atoms with Gasteiger partial charge in [0, 0.05) is 41.2 Å². The fourth-order valence-electron chi connectivity index (χ4n) is 4.18. The maximum Gasteiger partial charge on any atom is 0.232 e. The molecule has 27 heavy (non-hydrogen) atoms. The lowest BCUT2D eigenvalue weighted by atomic mass is 9.69. The van der Waals surface area contributed by atoms with Gasteiger partial charge in [-0.3, -0.25) is 19.5 Å². The molecule has 0 spiro atoms. The summed E-state index contributed by atoms with van der Waals surface area (Å²) in [5, 5.41) is 0.642. The minimum Gasteiger partial charge on any atom is -0.294 e. The Balaban J connectivity index is 1.89. The maximum atomic E-state index is 13.1. The summed E-state index contributed by atoms with van der Waals surface area (Å²) in [5.41, 5.74) is 3.08. The highest BCUT2D eigenvalue weighted by molar-refractivity contribution is 6.30. The number of aromatic nitrogens is 1. The first-order valence-corrected chi connectivity index (χ1v) is 9.48. The van der Waals surface area contributed by atoms with Crippen molar-refractivity contribution in [3.05, 3.63) is 70.6 Å². The fraction of sp³-hybridized carbons (Fsp3) is 0.318. The minimum absolute atomic E-state index is 0.00722. The molecule has 0 radical (unpaired) electrons. The molecule has 0 fully saturated rings. The first-order valence-electron chi connectivity index (χ1n) is 9.10. The molecule has 0 bridgehead atoms. The van der Waals surface area contributed by atoms with E-state index in [0.717, 1.165) is 22.5 Å². The fourth-order valence-corrected chi connectivity index (χ4v) is 4.31. The molecule has 1 amide bonds. The van der Waals surface area contributed by atoms with Crippen LogP contribution in [0.15, 0.2) is 60.1 Å². The second-order valence-corrected chi connectivity index (χ2v) is 8.49. The van der Waals surface area contributed by atoms with Crippen molar-refractivity contribution in [3.63, 3.8) is 0 Å². The minimum atomic E-state index is -0.221. The molecule has 0 saturated carbocycles. The molecular weight excluding hydrogens is 360 g/mol. The third kappa shape index (κ3) is 3.30. The Hall–Kier alpha value is -2.46. The summed E-state index contributed by atoms with van der Waals surface area (Å²) in [6.07, 6.45) is 4.79. The Labute approximate surface area is 163 Å². The van der Waals surface area contributed by atoms with Crippen LogP contribution in [0.2, 0.25) is 5.02 Å². The van der Waals surface area contributed by atoms with E-state index in [1.165, 1.54) is 0 Å². The van der Waals surface area contributed by atoms with Gasteiger partial charge in [0.05, 0.1) is 11.9 Å². The molecule has 4 nitrogen and oxygen atoms in total. The number of hydrogen-bond donors (Lipinski definition) is 0. The van der Waals surface area contributed by atoms with E-state index < -0.39 is 0 Å². The summed E-state index contributed by atoms with van der Waals surface area (Å²) in [4.78, 5) is 32.1. The molecule has 1 aromatic carbocycles. The first-order chi connectivity index (χ1) is 12.9. The highest BCUT2D eigenvalue weighted by Gasteiger charge is 2.44. The van der Waals surface area contributed by atoms with Crippen molar-refractivity contribution in [1.82, 2.24) is 4.98 Å². The van der Waals surface area contributed by atoms with Crippen LogP contribution in [-0.2, 0) is 9.59 Å². The zero-order valence-corrected chi connectivity index (χ0v) is 16.2. The van der Waals surface area contributed by atoms with Crippen LogP contribution in [0.25, 0.3) is 0 Å². The summed E-state index contributed by atoms with van der Waals surface area (Å²) in [5.74, 6) is -0.101. The molecule has 1 atom stereocenters. The van der Waals surface area contributed by atoms with E-state index in [0.29, 0.717) is 17.9 Å². The highest BCUT2D eigenvalue weighted by Crippen LogP contribution is 2.48. The molecule has 0 saturated heterocycles. The maximum absolute atomic E-state index is 13.1. The van der Waals surface area contributed by atoms with E-state index in [1.54, 1.807) is 17.3 Å². The first kappa shape index (κ1) is 17.9. The Morgan fingerprint density at radius 1 is 1.11 bits per heavy atom. The van der Waals surface area contributed by atoms with Gasteiger partial charge in [-0.05, 0) is 41.7 Å². The van der Waals surface area contributed by atoms with Gasteiger partial charge in [0.2, 0.25) is 5.91 Å². The number of hydrogen-bond acceptors (Lipinski definition) is 3. The molecule has 4 rings (SSSR count). The number of carbonyl (C=O) groups excluding carboxylic acids is 2. The molecule has 2 aromatic rings. The number of halogens is 1. The molecular formula is C22H21ClN2O2. The number of allylic oxidation sites excluding steroid dienone is 2. The van der Waals surface area contributed by atoms with Crippen molar-refractivity contribution in [1.29, 1.82) is 0 Å². The van der Waals surface area contributed by atoms with E-state index in [1.807, 2.05) is 36.4 Å². The number of carbonyl (C=O) groups is 2. The lowest BCUT2D eigenvalue weighted by Gasteiger charge is -2.42. The van der Waals surface area contributed by atoms with Gasteiger partial charge in [-0.1, -0.05) is 37.6 Å².